The van der Waals surface area contributed by atoms with E-state index < -0.39 is 0 Å². The molecular weight excluding hydrogens is 254 g/mol. The zero-order chi connectivity index (χ0) is 14.4. The second-order valence-corrected chi connectivity index (χ2v) is 4.55. The molecule has 0 aliphatic rings. The van der Waals surface area contributed by atoms with Gasteiger partial charge in [-0.25, -0.2) is 0 Å². The molecule has 2 rings (SSSR count). The smallest absolute Gasteiger partial charge is 0.127 e. The zero-order valence-electron chi connectivity index (χ0n) is 12.2. The predicted octanol–water partition coefficient (Wildman–Crippen LogP) is 3.39. The number of ether oxygens (including phenoxy) is 2. The molecular formula is C16H21NO3. The number of methoxy groups -OCH3 is 2. The largest absolute Gasteiger partial charge is 0.497 e. The summed E-state index contributed by atoms with van der Waals surface area (Å²) < 4.78 is 16.0. The summed E-state index contributed by atoms with van der Waals surface area (Å²) in [5.74, 6) is 1.59. The number of hydrogen-bond acceptors (Lipinski definition) is 4. The summed E-state index contributed by atoms with van der Waals surface area (Å²) in [7, 11) is 3.32. The van der Waals surface area contributed by atoms with Crippen LogP contribution in [0.4, 0.5) is 0 Å². The molecule has 1 heterocycles. The molecule has 0 aliphatic heterocycles. The summed E-state index contributed by atoms with van der Waals surface area (Å²) in [6.45, 7) is 3.07. The summed E-state index contributed by atoms with van der Waals surface area (Å²) in [6, 6.07) is 7.89. The van der Waals surface area contributed by atoms with Crippen molar-refractivity contribution in [2.75, 3.05) is 20.8 Å². The molecule has 0 aliphatic carbocycles. The third-order valence-corrected chi connectivity index (χ3v) is 3.23. The van der Waals surface area contributed by atoms with E-state index in [1.54, 1.807) is 26.7 Å². The van der Waals surface area contributed by atoms with Gasteiger partial charge >= 0.3 is 0 Å². The van der Waals surface area contributed by atoms with Crippen LogP contribution in [0.2, 0.25) is 0 Å². The highest BCUT2D eigenvalue weighted by Crippen LogP contribution is 2.33. The van der Waals surface area contributed by atoms with E-state index in [4.69, 9.17) is 13.9 Å². The predicted molar refractivity (Wildman–Crippen MR) is 78.4 cm³/mol. The van der Waals surface area contributed by atoms with Gasteiger partial charge in [-0.1, -0.05) is 6.92 Å². The van der Waals surface area contributed by atoms with Crippen LogP contribution < -0.4 is 14.8 Å². The number of nitrogens with one attached hydrogen (secondary N) is 1. The van der Waals surface area contributed by atoms with E-state index >= 15 is 0 Å². The fraction of sp³-hybridized carbons (Fsp3) is 0.375. The molecule has 20 heavy (non-hydrogen) atoms. The van der Waals surface area contributed by atoms with Crippen LogP contribution in [0.1, 0.15) is 30.5 Å². The number of hydrogen-bond donors (Lipinski definition) is 1. The summed E-state index contributed by atoms with van der Waals surface area (Å²) in [5.41, 5.74) is 2.16. The SMILES string of the molecule is CCCNC(c1ccoc1)c1ccc(OC)cc1OC. The Bertz CT molecular complexity index is 523. The molecule has 0 saturated heterocycles. The van der Waals surface area contributed by atoms with Crippen LogP contribution in [0, 0.1) is 0 Å². The van der Waals surface area contributed by atoms with Crippen LogP contribution >= 0.6 is 0 Å². The van der Waals surface area contributed by atoms with Gasteiger partial charge in [-0.3, -0.25) is 0 Å². The van der Waals surface area contributed by atoms with E-state index in [9.17, 15) is 0 Å². The molecule has 2 aromatic rings. The number of furan rings is 1. The first-order valence-electron chi connectivity index (χ1n) is 6.77. The minimum Gasteiger partial charge on any atom is -0.497 e. The van der Waals surface area contributed by atoms with Crippen molar-refractivity contribution in [3.05, 3.63) is 47.9 Å². The van der Waals surface area contributed by atoms with Gasteiger partial charge in [0.25, 0.3) is 0 Å². The molecule has 1 aromatic carbocycles. The average Bonchev–Trinajstić information content (AvgIpc) is 3.02. The van der Waals surface area contributed by atoms with Gasteiger partial charge in [0.15, 0.2) is 0 Å². The van der Waals surface area contributed by atoms with Gasteiger partial charge < -0.3 is 19.2 Å². The third kappa shape index (κ3) is 3.14. The quantitative estimate of drug-likeness (QED) is 0.841. The first kappa shape index (κ1) is 14.5. The van der Waals surface area contributed by atoms with E-state index in [0.29, 0.717) is 0 Å². The minimum atomic E-state index is 0.0505. The second-order valence-electron chi connectivity index (χ2n) is 4.55. The monoisotopic (exact) mass is 275 g/mol. The average molecular weight is 275 g/mol. The standard InChI is InChI=1S/C16H21NO3/c1-4-8-17-16(12-7-9-20-11-12)14-6-5-13(18-2)10-15(14)19-3/h5-7,9-11,16-17H,4,8H2,1-3H3. The molecule has 1 N–H and O–H groups in total. The first-order chi connectivity index (χ1) is 9.80. The summed E-state index contributed by atoms with van der Waals surface area (Å²) in [6.07, 6.45) is 4.51. The Labute approximate surface area is 119 Å². The van der Waals surface area contributed by atoms with Crippen molar-refractivity contribution in [3.63, 3.8) is 0 Å². The van der Waals surface area contributed by atoms with E-state index in [0.717, 1.165) is 35.6 Å². The molecule has 0 bridgehead atoms. The van der Waals surface area contributed by atoms with E-state index in [2.05, 4.69) is 12.2 Å². The molecule has 0 saturated carbocycles. The topological polar surface area (TPSA) is 43.6 Å². The Morgan fingerprint density at radius 2 is 2.05 bits per heavy atom. The van der Waals surface area contributed by atoms with Gasteiger partial charge in [0.05, 0.1) is 32.8 Å². The van der Waals surface area contributed by atoms with Crippen molar-refractivity contribution < 1.29 is 13.9 Å². The highest BCUT2D eigenvalue weighted by atomic mass is 16.5. The summed E-state index contributed by atoms with van der Waals surface area (Å²) in [4.78, 5) is 0. The lowest BCUT2D eigenvalue weighted by Crippen LogP contribution is -2.23. The molecule has 108 valence electrons. The van der Waals surface area contributed by atoms with E-state index in [1.165, 1.54) is 0 Å². The van der Waals surface area contributed by atoms with Gasteiger partial charge in [-0.15, -0.1) is 0 Å². The molecule has 0 radical (unpaired) electrons. The third-order valence-electron chi connectivity index (χ3n) is 3.23. The van der Waals surface area contributed by atoms with Crippen LogP contribution in [0.3, 0.4) is 0 Å². The van der Waals surface area contributed by atoms with Crippen molar-refractivity contribution >= 4 is 0 Å². The summed E-state index contributed by atoms with van der Waals surface area (Å²) in [5, 5.41) is 3.52. The Morgan fingerprint density at radius 1 is 1.20 bits per heavy atom. The molecule has 0 spiro atoms. The lowest BCUT2D eigenvalue weighted by atomic mass is 9.99. The normalized spacial score (nSPS) is 12.2. The molecule has 0 fully saturated rings. The Hall–Kier alpha value is -1.94. The van der Waals surface area contributed by atoms with Crippen molar-refractivity contribution in [1.29, 1.82) is 0 Å². The molecule has 4 nitrogen and oxygen atoms in total. The van der Waals surface area contributed by atoms with Gasteiger partial charge in [-0.05, 0) is 31.2 Å². The molecule has 4 heteroatoms. The van der Waals surface area contributed by atoms with Crippen LogP contribution in [-0.4, -0.2) is 20.8 Å². The minimum absolute atomic E-state index is 0.0505. The fourth-order valence-corrected chi connectivity index (χ4v) is 2.19. The molecule has 1 unspecified atom stereocenters. The Morgan fingerprint density at radius 3 is 2.65 bits per heavy atom. The van der Waals surface area contributed by atoms with Crippen molar-refractivity contribution in [2.45, 2.75) is 19.4 Å². The second kappa shape index (κ2) is 7.01. The van der Waals surface area contributed by atoms with Gasteiger partial charge in [0.1, 0.15) is 11.5 Å². The fourth-order valence-electron chi connectivity index (χ4n) is 2.19. The maximum atomic E-state index is 5.50. The first-order valence-corrected chi connectivity index (χ1v) is 6.77. The Balaban J connectivity index is 2.37. The molecule has 0 amide bonds. The lowest BCUT2D eigenvalue weighted by molar-refractivity contribution is 0.387. The maximum Gasteiger partial charge on any atom is 0.127 e. The molecule has 1 atom stereocenters. The van der Waals surface area contributed by atoms with E-state index in [-0.39, 0.29) is 6.04 Å². The lowest BCUT2D eigenvalue weighted by Gasteiger charge is -2.20. The van der Waals surface area contributed by atoms with Gasteiger partial charge in [-0.2, -0.15) is 0 Å². The summed E-state index contributed by atoms with van der Waals surface area (Å²) >= 11 is 0. The Kier molecular flexibility index (Phi) is 5.07. The molecule has 1 aromatic heterocycles. The van der Waals surface area contributed by atoms with Crippen LogP contribution in [0.25, 0.3) is 0 Å². The van der Waals surface area contributed by atoms with Crippen molar-refractivity contribution in [1.82, 2.24) is 5.32 Å². The van der Waals surface area contributed by atoms with Crippen molar-refractivity contribution in [2.24, 2.45) is 0 Å². The van der Waals surface area contributed by atoms with Gasteiger partial charge in [0.2, 0.25) is 0 Å². The van der Waals surface area contributed by atoms with Crippen LogP contribution in [-0.2, 0) is 0 Å². The zero-order valence-corrected chi connectivity index (χ0v) is 12.2. The van der Waals surface area contributed by atoms with Gasteiger partial charge in [0, 0.05) is 17.2 Å². The number of rotatable bonds is 7. The van der Waals surface area contributed by atoms with E-state index in [1.807, 2.05) is 24.3 Å². The highest BCUT2D eigenvalue weighted by Gasteiger charge is 2.19. The number of benzene rings is 1. The highest BCUT2D eigenvalue weighted by molar-refractivity contribution is 5.45. The maximum absolute atomic E-state index is 5.50. The van der Waals surface area contributed by atoms with Crippen molar-refractivity contribution in [3.8, 4) is 11.5 Å². The van der Waals surface area contributed by atoms with Crippen LogP contribution in [0.15, 0.2) is 41.2 Å². The van der Waals surface area contributed by atoms with Crippen LogP contribution in [0.5, 0.6) is 11.5 Å².